The van der Waals surface area contributed by atoms with Crippen LogP contribution in [0.2, 0.25) is 0 Å². The standard InChI is InChI=1S/C21H19FN6O2/c1-13(2)18(21-25-19(27-30-21)14-6-5-10-23-12-14)24-20(29)16-9-11-28(26-16)17-8-4-3-7-15(17)22/h3-13,18H,1-2H3,(H,24,29). The number of nitrogens with one attached hydrogen (secondary N) is 1. The molecule has 4 rings (SSSR count). The fourth-order valence-electron chi connectivity index (χ4n) is 2.92. The Hall–Kier alpha value is -3.88. The van der Waals surface area contributed by atoms with Gasteiger partial charge in [0, 0.05) is 24.2 Å². The van der Waals surface area contributed by atoms with Gasteiger partial charge in [0.25, 0.3) is 5.91 Å². The number of carbonyl (C=O) groups excluding carboxylic acids is 1. The van der Waals surface area contributed by atoms with E-state index in [1.165, 1.54) is 23.0 Å². The molecular weight excluding hydrogens is 387 g/mol. The maximum atomic E-state index is 14.0. The van der Waals surface area contributed by atoms with Crippen LogP contribution in [0.4, 0.5) is 4.39 Å². The van der Waals surface area contributed by atoms with E-state index in [2.05, 4.69) is 25.5 Å². The van der Waals surface area contributed by atoms with Gasteiger partial charge in [0.15, 0.2) is 5.69 Å². The molecule has 3 heterocycles. The molecule has 0 saturated carbocycles. The van der Waals surface area contributed by atoms with Crippen LogP contribution in [0.25, 0.3) is 17.1 Å². The summed E-state index contributed by atoms with van der Waals surface area (Å²) in [5.74, 6) is -0.205. The largest absolute Gasteiger partial charge is 0.339 e. The Balaban J connectivity index is 1.54. The zero-order valence-corrected chi connectivity index (χ0v) is 16.4. The van der Waals surface area contributed by atoms with Gasteiger partial charge in [-0.05, 0) is 36.2 Å². The van der Waals surface area contributed by atoms with Crippen LogP contribution in [0.3, 0.4) is 0 Å². The Bertz CT molecular complexity index is 1160. The Morgan fingerprint density at radius 3 is 2.73 bits per heavy atom. The smallest absolute Gasteiger partial charge is 0.272 e. The minimum atomic E-state index is -0.519. The van der Waals surface area contributed by atoms with Crippen molar-refractivity contribution in [2.45, 2.75) is 19.9 Å². The molecule has 0 radical (unpaired) electrons. The van der Waals surface area contributed by atoms with Crippen molar-refractivity contribution in [2.24, 2.45) is 5.92 Å². The van der Waals surface area contributed by atoms with Gasteiger partial charge < -0.3 is 9.84 Å². The summed E-state index contributed by atoms with van der Waals surface area (Å²) in [6.45, 7) is 3.85. The fourth-order valence-corrected chi connectivity index (χ4v) is 2.92. The van der Waals surface area contributed by atoms with Crippen LogP contribution in [0.1, 0.15) is 36.3 Å². The third kappa shape index (κ3) is 3.95. The number of benzene rings is 1. The molecule has 0 bridgehead atoms. The van der Waals surface area contributed by atoms with Gasteiger partial charge in [-0.3, -0.25) is 9.78 Å². The van der Waals surface area contributed by atoms with Crippen molar-refractivity contribution < 1.29 is 13.7 Å². The highest BCUT2D eigenvalue weighted by Gasteiger charge is 2.26. The lowest BCUT2D eigenvalue weighted by Gasteiger charge is -2.17. The van der Waals surface area contributed by atoms with Crippen LogP contribution < -0.4 is 5.32 Å². The summed E-state index contributed by atoms with van der Waals surface area (Å²) in [6.07, 6.45) is 4.82. The van der Waals surface area contributed by atoms with E-state index in [0.29, 0.717) is 11.4 Å². The van der Waals surface area contributed by atoms with E-state index in [0.717, 1.165) is 0 Å². The quantitative estimate of drug-likeness (QED) is 0.525. The normalized spacial score (nSPS) is 12.1. The summed E-state index contributed by atoms with van der Waals surface area (Å²) in [5.41, 5.74) is 1.12. The first-order valence-corrected chi connectivity index (χ1v) is 9.38. The second-order valence-electron chi connectivity index (χ2n) is 6.99. The lowest BCUT2D eigenvalue weighted by Crippen LogP contribution is -2.32. The molecule has 0 saturated heterocycles. The van der Waals surface area contributed by atoms with Crippen LogP contribution in [-0.4, -0.2) is 30.8 Å². The summed E-state index contributed by atoms with van der Waals surface area (Å²) < 4.78 is 20.7. The number of hydrogen-bond acceptors (Lipinski definition) is 6. The molecule has 0 aliphatic rings. The predicted octanol–water partition coefficient (Wildman–Crippen LogP) is 3.58. The Morgan fingerprint density at radius 1 is 1.17 bits per heavy atom. The number of carbonyl (C=O) groups is 1. The van der Waals surface area contributed by atoms with Gasteiger partial charge in [-0.25, -0.2) is 9.07 Å². The van der Waals surface area contributed by atoms with Crippen molar-refractivity contribution in [1.29, 1.82) is 0 Å². The average molecular weight is 406 g/mol. The molecule has 3 aromatic heterocycles. The zero-order valence-electron chi connectivity index (χ0n) is 16.4. The van der Waals surface area contributed by atoms with Gasteiger partial charge in [-0.15, -0.1) is 0 Å². The first kappa shape index (κ1) is 19.4. The molecule has 152 valence electrons. The molecule has 0 spiro atoms. The van der Waals surface area contributed by atoms with Crippen LogP contribution in [0, 0.1) is 11.7 Å². The van der Waals surface area contributed by atoms with Crippen molar-refractivity contribution >= 4 is 5.91 Å². The molecule has 1 amide bonds. The van der Waals surface area contributed by atoms with E-state index in [-0.39, 0.29) is 23.2 Å². The van der Waals surface area contributed by atoms with Crippen LogP contribution in [0.15, 0.2) is 65.6 Å². The van der Waals surface area contributed by atoms with Crippen molar-refractivity contribution in [3.63, 3.8) is 0 Å². The van der Waals surface area contributed by atoms with Crippen molar-refractivity contribution in [3.05, 3.63) is 78.5 Å². The third-order valence-electron chi connectivity index (χ3n) is 4.50. The van der Waals surface area contributed by atoms with Crippen LogP contribution in [-0.2, 0) is 0 Å². The minimum Gasteiger partial charge on any atom is -0.339 e. The van der Waals surface area contributed by atoms with Gasteiger partial charge in [0.05, 0.1) is 0 Å². The van der Waals surface area contributed by atoms with Crippen molar-refractivity contribution in [1.82, 2.24) is 30.2 Å². The summed E-state index contributed by atoms with van der Waals surface area (Å²) in [7, 11) is 0. The van der Waals surface area contributed by atoms with Gasteiger partial charge in [0.2, 0.25) is 11.7 Å². The number of pyridine rings is 1. The van der Waals surface area contributed by atoms with Crippen molar-refractivity contribution in [2.75, 3.05) is 0 Å². The van der Waals surface area contributed by atoms with E-state index in [9.17, 15) is 9.18 Å². The molecule has 1 aromatic carbocycles. The van der Waals surface area contributed by atoms with E-state index < -0.39 is 17.8 Å². The maximum absolute atomic E-state index is 14.0. The van der Waals surface area contributed by atoms with Gasteiger partial charge in [-0.1, -0.05) is 31.1 Å². The Labute approximate surface area is 171 Å². The molecule has 9 heteroatoms. The summed E-state index contributed by atoms with van der Waals surface area (Å²) in [4.78, 5) is 21.2. The van der Waals surface area contributed by atoms with Gasteiger partial charge in [-0.2, -0.15) is 10.1 Å². The molecule has 1 atom stereocenters. The molecule has 0 aliphatic heterocycles. The Morgan fingerprint density at radius 2 is 2.00 bits per heavy atom. The van der Waals surface area contributed by atoms with E-state index in [1.54, 1.807) is 36.7 Å². The first-order valence-electron chi connectivity index (χ1n) is 9.38. The van der Waals surface area contributed by atoms with Gasteiger partial charge in [0.1, 0.15) is 17.5 Å². The van der Waals surface area contributed by atoms with E-state index in [1.807, 2.05) is 19.9 Å². The number of hydrogen-bond donors (Lipinski definition) is 1. The maximum Gasteiger partial charge on any atom is 0.272 e. The lowest BCUT2D eigenvalue weighted by atomic mass is 10.0. The monoisotopic (exact) mass is 406 g/mol. The SMILES string of the molecule is CC(C)C(NC(=O)c1ccn(-c2ccccc2F)n1)c1nc(-c2cccnc2)no1. The molecule has 1 unspecified atom stereocenters. The molecular formula is C21H19FN6O2. The molecule has 8 nitrogen and oxygen atoms in total. The Kier molecular flexibility index (Phi) is 5.34. The predicted molar refractivity (Wildman–Crippen MR) is 106 cm³/mol. The van der Waals surface area contributed by atoms with Crippen molar-refractivity contribution in [3.8, 4) is 17.1 Å². The number of rotatable bonds is 6. The molecule has 0 aliphatic carbocycles. The summed E-state index contributed by atoms with van der Waals surface area (Å²) in [5, 5.41) is 11.0. The molecule has 4 aromatic rings. The third-order valence-corrected chi connectivity index (χ3v) is 4.50. The first-order chi connectivity index (χ1) is 14.5. The van der Waals surface area contributed by atoms with E-state index in [4.69, 9.17) is 4.52 Å². The number of nitrogens with zero attached hydrogens (tertiary/aromatic N) is 5. The number of halogens is 1. The number of para-hydroxylation sites is 1. The topological polar surface area (TPSA) is 98.7 Å². The van der Waals surface area contributed by atoms with Gasteiger partial charge >= 0.3 is 0 Å². The zero-order chi connectivity index (χ0) is 21.1. The van der Waals surface area contributed by atoms with Crippen LogP contribution >= 0.6 is 0 Å². The van der Waals surface area contributed by atoms with E-state index >= 15 is 0 Å². The highest BCUT2D eigenvalue weighted by Crippen LogP contribution is 2.23. The second kappa shape index (κ2) is 8.24. The molecule has 30 heavy (non-hydrogen) atoms. The fraction of sp³-hybridized carbons (Fsp3) is 0.190. The molecule has 1 N–H and O–H groups in total. The van der Waals surface area contributed by atoms with Crippen LogP contribution in [0.5, 0.6) is 0 Å². The summed E-state index contributed by atoms with van der Waals surface area (Å²) in [6, 6.07) is 10.8. The molecule has 0 fully saturated rings. The second-order valence-corrected chi connectivity index (χ2v) is 6.99. The number of amides is 1. The minimum absolute atomic E-state index is 0.0233. The average Bonchev–Trinajstić information content (AvgIpc) is 3.43. The highest BCUT2D eigenvalue weighted by atomic mass is 19.1. The lowest BCUT2D eigenvalue weighted by molar-refractivity contribution is 0.0908. The summed E-state index contributed by atoms with van der Waals surface area (Å²) >= 11 is 0. The highest BCUT2D eigenvalue weighted by molar-refractivity contribution is 5.92. The number of aromatic nitrogens is 5.